The molecule has 0 unspecified atom stereocenters. The van der Waals surface area contributed by atoms with E-state index in [4.69, 9.17) is 0 Å². The monoisotopic (exact) mass is 393 g/mol. The topological polar surface area (TPSA) is 71.1 Å². The van der Waals surface area contributed by atoms with Crippen LogP contribution < -0.4 is 10.6 Å². The quantitative estimate of drug-likeness (QED) is 0.625. The fourth-order valence-corrected chi connectivity index (χ4v) is 4.44. The Morgan fingerprint density at radius 2 is 1.75 bits per heavy atom. The van der Waals surface area contributed by atoms with Gasteiger partial charge in [-0.25, -0.2) is 4.98 Å². The van der Waals surface area contributed by atoms with Crippen molar-refractivity contribution < 1.29 is 9.59 Å². The molecule has 1 heterocycles. The molecule has 0 saturated heterocycles. The Balaban J connectivity index is 1.46. The zero-order valence-corrected chi connectivity index (χ0v) is 16.6. The summed E-state index contributed by atoms with van der Waals surface area (Å²) in [5, 5.41) is 6.52. The van der Waals surface area contributed by atoms with Gasteiger partial charge in [-0.2, -0.15) is 0 Å². The predicted octanol–water partition coefficient (Wildman–Crippen LogP) is 5.38. The van der Waals surface area contributed by atoms with Crippen LogP contribution in [0.5, 0.6) is 0 Å². The third-order valence-electron chi connectivity index (χ3n) is 5.17. The third kappa shape index (κ3) is 4.22. The van der Waals surface area contributed by atoms with E-state index in [-0.39, 0.29) is 17.7 Å². The molecule has 1 aliphatic carbocycles. The van der Waals surface area contributed by atoms with Crippen LogP contribution in [0, 0.1) is 12.8 Å². The SMILES string of the molecule is Cc1ccc(C(=O)Nc2ccc3nc(NC(=O)C4CCCCC4)sc3c2)cc1. The van der Waals surface area contributed by atoms with Crippen molar-refractivity contribution in [1.82, 2.24) is 4.98 Å². The highest BCUT2D eigenvalue weighted by Crippen LogP contribution is 2.30. The second kappa shape index (κ2) is 8.10. The number of rotatable bonds is 4. The first kappa shape index (κ1) is 18.6. The number of anilines is 2. The van der Waals surface area contributed by atoms with Gasteiger partial charge >= 0.3 is 0 Å². The lowest BCUT2D eigenvalue weighted by molar-refractivity contribution is -0.120. The number of aryl methyl sites for hydroxylation is 1. The molecular formula is C22H23N3O2S. The van der Waals surface area contributed by atoms with E-state index in [2.05, 4.69) is 15.6 Å². The van der Waals surface area contributed by atoms with Crippen LogP contribution in [0.25, 0.3) is 10.2 Å². The zero-order valence-electron chi connectivity index (χ0n) is 15.8. The molecule has 1 saturated carbocycles. The van der Waals surface area contributed by atoms with Crippen LogP contribution in [-0.4, -0.2) is 16.8 Å². The number of thiazole rings is 1. The third-order valence-corrected chi connectivity index (χ3v) is 6.10. The number of nitrogens with one attached hydrogen (secondary N) is 2. The molecule has 4 rings (SSSR count). The van der Waals surface area contributed by atoms with Crippen LogP contribution in [0.1, 0.15) is 48.0 Å². The normalized spacial score (nSPS) is 14.8. The van der Waals surface area contributed by atoms with Crippen molar-refractivity contribution in [3.63, 3.8) is 0 Å². The van der Waals surface area contributed by atoms with E-state index in [0.717, 1.165) is 41.5 Å². The summed E-state index contributed by atoms with van der Waals surface area (Å²) < 4.78 is 0.931. The minimum Gasteiger partial charge on any atom is -0.322 e. The first-order valence-corrected chi connectivity index (χ1v) is 10.5. The van der Waals surface area contributed by atoms with Crippen molar-refractivity contribution in [2.24, 2.45) is 5.92 Å². The Kier molecular flexibility index (Phi) is 5.39. The molecule has 6 heteroatoms. The van der Waals surface area contributed by atoms with Gasteiger partial charge in [0, 0.05) is 17.2 Å². The Morgan fingerprint density at radius 3 is 2.50 bits per heavy atom. The standard InChI is InChI=1S/C22H23N3O2S/c1-14-7-9-16(10-8-14)20(26)23-17-11-12-18-19(13-17)28-22(24-18)25-21(27)15-5-3-2-4-6-15/h7-13,15H,2-6H2,1H3,(H,23,26)(H,24,25,27). The first-order valence-electron chi connectivity index (χ1n) is 9.68. The van der Waals surface area contributed by atoms with E-state index >= 15 is 0 Å². The number of carbonyl (C=O) groups is 2. The molecule has 1 fully saturated rings. The van der Waals surface area contributed by atoms with Gasteiger partial charge in [0.15, 0.2) is 5.13 Å². The van der Waals surface area contributed by atoms with E-state index < -0.39 is 0 Å². The molecule has 144 valence electrons. The molecule has 1 aromatic heterocycles. The summed E-state index contributed by atoms with van der Waals surface area (Å²) >= 11 is 1.43. The summed E-state index contributed by atoms with van der Waals surface area (Å²) in [6, 6.07) is 13.1. The molecule has 0 bridgehead atoms. The average molecular weight is 394 g/mol. The lowest BCUT2D eigenvalue weighted by Crippen LogP contribution is -2.24. The van der Waals surface area contributed by atoms with Gasteiger partial charge in [-0.15, -0.1) is 0 Å². The number of benzene rings is 2. The maximum atomic E-state index is 12.4. The zero-order chi connectivity index (χ0) is 19.5. The van der Waals surface area contributed by atoms with Crippen LogP contribution in [0.15, 0.2) is 42.5 Å². The highest BCUT2D eigenvalue weighted by Gasteiger charge is 2.22. The second-order valence-electron chi connectivity index (χ2n) is 7.35. The van der Waals surface area contributed by atoms with Crippen molar-refractivity contribution >= 4 is 44.2 Å². The van der Waals surface area contributed by atoms with Gasteiger partial charge in [0.2, 0.25) is 5.91 Å². The molecule has 0 aliphatic heterocycles. The highest BCUT2D eigenvalue weighted by atomic mass is 32.1. The predicted molar refractivity (Wildman–Crippen MR) is 114 cm³/mol. The lowest BCUT2D eigenvalue weighted by atomic mass is 9.89. The van der Waals surface area contributed by atoms with E-state index in [1.807, 2.05) is 49.4 Å². The number of fused-ring (bicyclic) bond motifs is 1. The van der Waals surface area contributed by atoms with Gasteiger partial charge in [0.05, 0.1) is 10.2 Å². The van der Waals surface area contributed by atoms with Crippen LogP contribution in [0.2, 0.25) is 0 Å². The van der Waals surface area contributed by atoms with E-state index in [1.54, 1.807) is 0 Å². The molecule has 5 nitrogen and oxygen atoms in total. The van der Waals surface area contributed by atoms with E-state index in [9.17, 15) is 9.59 Å². The molecule has 28 heavy (non-hydrogen) atoms. The van der Waals surface area contributed by atoms with Gasteiger partial charge in [-0.3, -0.25) is 9.59 Å². The summed E-state index contributed by atoms with van der Waals surface area (Å²) in [7, 11) is 0. The fraction of sp³-hybridized carbons (Fsp3) is 0.318. The van der Waals surface area contributed by atoms with E-state index in [0.29, 0.717) is 16.4 Å². The lowest BCUT2D eigenvalue weighted by Gasteiger charge is -2.19. The maximum absolute atomic E-state index is 12.4. The molecule has 2 amide bonds. The number of hydrogen-bond acceptors (Lipinski definition) is 4. The minimum atomic E-state index is -0.144. The van der Waals surface area contributed by atoms with Crippen molar-refractivity contribution in [1.29, 1.82) is 0 Å². The Bertz CT molecular complexity index is 1000. The Labute approximate surface area is 168 Å². The van der Waals surface area contributed by atoms with Gasteiger partial charge < -0.3 is 10.6 Å². The second-order valence-corrected chi connectivity index (χ2v) is 8.38. The molecule has 3 aromatic rings. The van der Waals surface area contributed by atoms with Crippen LogP contribution in [0.3, 0.4) is 0 Å². The minimum absolute atomic E-state index is 0.0756. The molecule has 0 spiro atoms. The first-order chi connectivity index (χ1) is 13.6. The number of hydrogen-bond donors (Lipinski definition) is 2. The molecule has 0 atom stereocenters. The van der Waals surface area contributed by atoms with Crippen LogP contribution in [-0.2, 0) is 4.79 Å². The number of amides is 2. The summed E-state index contributed by atoms with van der Waals surface area (Å²) in [4.78, 5) is 29.4. The Morgan fingerprint density at radius 1 is 1.00 bits per heavy atom. The summed E-state index contributed by atoms with van der Waals surface area (Å²) in [5.41, 5.74) is 3.27. The highest BCUT2D eigenvalue weighted by molar-refractivity contribution is 7.22. The summed E-state index contributed by atoms with van der Waals surface area (Å²) in [6.45, 7) is 1.99. The maximum Gasteiger partial charge on any atom is 0.255 e. The van der Waals surface area contributed by atoms with Crippen LogP contribution >= 0.6 is 11.3 Å². The van der Waals surface area contributed by atoms with Gasteiger partial charge in [-0.1, -0.05) is 48.3 Å². The van der Waals surface area contributed by atoms with Crippen molar-refractivity contribution in [2.75, 3.05) is 10.6 Å². The summed E-state index contributed by atoms with van der Waals surface area (Å²) in [5.74, 6) is 0.0338. The van der Waals surface area contributed by atoms with E-state index in [1.165, 1.54) is 17.8 Å². The van der Waals surface area contributed by atoms with Gasteiger partial charge in [0.25, 0.3) is 5.91 Å². The Hall–Kier alpha value is -2.73. The van der Waals surface area contributed by atoms with Gasteiger partial charge in [0.1, 0.15) is 0 Å². The van der Waals surface area contributed by atoms with Crippen LogP contribution in [0.4, 0.5) is 10.8 Å². The smallest absolute Gasteiger partial charge is 0.255 e. The molecule has 2 aromatic carbocycles. The largest absolute Gasteiger partial charge is 0.322 e. The van der Waals surface area contributed by atoms with Crippen molar-refractivity contribution in [2.45, 2.75) is 39.0 Å². The average Bonchev–Trinajstić information content (AvgIpc) is 3.10. The van der Waals surface area contributed by atoms with Gasteiger partial charge in [-0.05, 0) is 50.1 Å². The number of nitrogens with zero attached hydrogens (tertiary/aromatic N) is 1. The van der Waals surface area contributed by atoms with Crippen molar-refractivity contribution in [3.05, 3.63) is 53.6 Å². The molecule has 0 radical (unpaired) electrons. The molecular weight excluding hydrogens is 370 g/mol. The number of carbonyl (C=O) groups excluding carboxylic acids is 2. The van der Waals surface area contributed by atoms with Crippen molar-refractivity contribution in [3.8, 4) is 0 Å². The molecule has 1 aliphatic rings. The molecule has 2 N–H and O–H groups in total. The fourth-order valence-electron chi connectivity index (χ4n) is 3.54. The summed E-state index contributed by atoms with van der Waals surface area (Å²) in [6.07, 6.45) is 5.41. The number of aromatic nitrogens is 1.